The Balaban J connectivity index is 1.65. The highest BCUT2D eigenvalue weighted by atomic mass is 32.2. The molecule has 0 saturated heterocycles. The molecule has 9 nitrogen and oxygen atoms in total. The van der Waals surface area contributed by atoms with E-state index in [1.165, 1.54) is 30.3 Å². The molecule has 1 heterocycles. The Bertz CT molecular complexity index is 1140. The van der Waals surface area contributed by atoms with E-state index in [2.05, 4.69) is 31.8 Å². The van der Waals surface area contributed by atoms with Gasteiger partial charge in [-0.05, 0) is 42.5 Å². The number of H-pyrrole nitrogens is 1. The molecule has 156 valence electrons. The van der Waals surface area contributed by atoms with Crippen molar-refractivity contribution in [2.75, 3.05) is 13.7 Å². The molecule has 3 aromatic rings. The van der Waals surface area contributed by atoms with Crippen LogP contribution >= 0.6 is 0 Å². The first-order valence-electron chi connectivity index (χ1n) is 8.97. The van der Waals surface area contributed by atoms with Gasteiger partial charge in [0.05, 0.1) is 18.6 Å². The Kier molecular flexibility index (Phi) is 6.60. The molecule has 1 amide bonds. The minimum atomic E-state index is -3.72. The molecule has 30 heavy (non-hydrogen) atoms. The van der Waals surface area contributed by atoms with Crippen LogP contribution in [-0.2, 0) is 16.6 Å². The number of hydrogen-bond donors (Lipinski definition) is 3. The lowest BCUT2D eigenvalue weighted by Gasteiger charge is -2.07. The zero-order valence-electron chi connectivity index (χ0n) is 16.3. The molecular weight excluding hydrogens is 406 g/mol. The lowest BCUT2D eigenvalue weighted by Crippen LogP contribution is -2.26. The van der Waals surface area contributed by atoms with Gasteiger partial charge in [-0.25, -0.2) is 18.1 Å². The Morgan fingerprint density at radius 3 is 2.70 bits per heavy atom. The molecule has 0 aliphatic rings. The third-order valence-corrected chi connectivity index (χ3v) is 5.54. The second-order valence-corrected chi connectivity index (χ2v) is 7.95. The van der Waals surface area contributed by atoms with Gasteiger partial charge in [-0.1, -0.05) is 12.1 Å². The number of carbonyl (C=O) groups excluding carboxylic acids is 1. The summed E-state index contributed by atoms with van der Waals surface area (Å²) in [6, 6.07) is 13.0. The number of sulfonamides is 1. The standard InChI is InChI=1S/C20H21N5O4S/c1-3-11-22-30(27,28)17-6-4-5-15(12-17)20(26)21-13-18-23-19(25-24-18)14-7-9-16(29-2)10-8-14/h3-10,12,22H,1,11,13H2,2H3,(H,21,26)(H,23,24,25). The van der Waals surface area contributed by atoms with E-state index in [0.29, 0.717) is 11.6 Å². The zero-order valence-corrected chi connectivity index (χ0v) is 17.1. The first-order valence-corrected chi connectivity index (χ1v) is 10.5. The summed E-state index contributed by atoms with van der Waals surface area (Å²) in [4.78, 5) is 16.8. The summed E-state index contributed by atoms with van der Waals surface area (Å²) in [5.41, 5.74) is 1.01. The number of carbonyl (C=O) groups is 1. The normalized spacial score (nSPS) is 11.1. The summed E-state index contributed by atoms with van der Waals surface area (Å²) in [5, 5.41) is 9.62. The van der Waals surface area contributed by atoms with Gasteiger partial charge in [-0.3, -0.25) is 9.89 Å². The second kappa shape index (κ2) is 9.33. The fraction of sp³-hybridized carbons (Fsp3) is 0.150. The van der Waals surface area contributed by atoms with Gasteiger partial charge in [0.25, 0.3) is 5.91 Å². The van der Waals surface area contributed by atoms with Gasteiger partial charge in [0, 0.05) is 17.7 Å². The van der Waals surface area contributed by atoms with Crippen molar-refractivity contribution in [3.8, 4) is 17.1 Å². The lowest BCUT2D eigenvalue weighted by molar-refractivity contribution is 0.0949. The van der Waals surface area contributed by atoms with Crippen LogP contribution in [0, 0.1) is 0 Å². The van der Waals surface area contributed by atoms with Gasteiger partial charge < -0.3 is 10.1 Å². The summed E-state index contributed by atoms with van der Waals surface area (Å²) < 4.78 is 31.9. The lowest BCUT2D eigenvalue weighted by atomic mass is 10.2. The third-order valence-electron chi connectivity index (χ3n) is 4.12. The fourth-order valence-electron chi connectivity index (χ4n) is 2.57. The van der Waals surface area contributed by atoms with Crippen molar-refractivity contribution >= 4 is 15.9 Å². The first-order chi connectivity index (χ1) is 14.4. The Morgan fingerprint density at radius 2 is 2.00 bits per heavy atom. The molecule has 0 atom stereocenters. The molecule has 1 aromatic heterocycles. The van der Waals surface area contributed by atoms with E-state index in [1.54, 1.807) is 19.2 Å². The molecule has 0 saturated carbocycles. The maximum atomic E-state index is 12.4. The monoisotopic (exact) mass is 427 g/mol. The van der Waals surface area contributed by atoms with E-state index in [0.717, 1.165) is 11.3 Å². The number of nitrogens with zero attached hydrogens (tertiary/aromatic N) is 2. The molecule has 0 bridgehead atoms. The molecule has 10 heteroatoms. The van der Waals surface area contributed by atoms with Crippen molar-refractivity contribution in [3.05, 3.63) is 72.6 Å². The van der Waals surface area contributed by atoms with Crippen LogP contribution in [0.4, 0.5) is 0 Å². The van der Waals surface area contributed by atoms with Crippen LogP contribution in [0.3, 0.4) is 0 Å². The number of rotatable bonds is 9. The molecule has 0 fully saturated rings. The summed E-state index contributed by atoms with van der Waals surface area (Å²) in [6.45, 7) is 3.68. The van der Waals surface area contributed by atoms with E-state index in [-0.39, 0.29) is 23.5 Å². The summed E-state index contributed by atoms with van der Waals surface area (Å²) in [6.07, 6.45) is 1.44. The van der Waals surface area contributed by atoms with Crippen LogP contribution in [0.2, 0.25) is 0 Å². The molecular formula is C20H21N5O4S. The SMILES string of the molecule is C=CCNS(=O)(=O)c1cccc(C(=O)NCc2nc(-c3ccc(OC)cc3)n[nH]2)c1. The number of ether oxygens (including phenoxy) is 1. The highest BCUT2D eigenvalue weighted by Crippen LogP contribution is 2.19. The maximum absolute atomic E-state index is 12.4. The third kappa shape index (κ3) is 5.10. The van der Waals surface area contributed by atoms with Crippen molar-refractivity contribution < 1.29 is 17.9 Å². The topological polar surface area (TPSA) is 126 Å². The summed E-state index contributed by atoms with van der Waals surface area (Å²) in [7, 11) is -2.13. The molecule has 0 spiro atoms. The summed E-state index contributed by atoms with van der Waals surface area (Å²) >= 11 is 0. The van der Waals surface area contributed by atoms with Crippen LogP contribution in [-0.4, -0.2) is 43.2 Å². The van der Waals surface area contributed by atoms with Crippen molar-refractivity contribution in [2.24, 2.45) is 0 Å². The Labute approximate surface area is 174 Å². The number of aromatic nitrogens is 3. The van der Waals surface area contributed by atoms with Gasteiger partial charge in [0.2, 0.25) is 10.0 Å². The van der Waals surface area contributed by atoms with Gasteiger partial charge in [-0.2, -0.15) is 5.10 Å². The van der Waals surface area contributed by atoms with Crippen LogP contribution in [0.5, 0.6) is 5.75 Å². The van der Waals surface area contributed by atoms with Crippen LogP contribution in [0.1, 0.15) is 16.2 Å². The van der Waals surface area contributed by atoms with E-state index >= 15 is 0 Å². The van der Waals surface area contributed by atoms with Gasteiger partial charge in [0.1, 0.15) is 11.6 Å². The molecule has 0 radical (unpaired) electrons. The van der Waals surface area contributed by atoms with Crippen LogP contribution in [0.25, 0.3) is 11.4 Å². The van der Waals surface area contributed by atoms with E-state index in [9.17, 15) is 13.2 Å². The largest absolute Gasteiger partial charge is 0.497 e. The maximum Gasteiger partial charge on any atom is 0.251 e. The average Bonchev–Trinajstić information content (AvgIpc) is 3.25. The number of hydrogen-bond acceptors (Lipinski definition) is 6. The molecule has 0 aliphatic carbocycles. The summed E-state index contributed by atoms with van der Waals surface area (Å²) in [5.74, 6) is 1.25. The predicted molar refractivity (Wildman–Crippen MR) is 111 cm³/mol. The van der Waals surface area contributed by atoms with Crippen molar-refractivity contribution in [1.29, 1.82) is 0 Å². The highest BCUT2D eigenvalue weighted by molar-refractivity contribution is 7.89. The van der Waals surface area contributed by atoms with Crippen molar-refractivity contribution in [3.63, 3.8) is 0 Å². The second-order valence-electron chi connectivity index (χ2n) is 6.19. The number of methoxy groups -OCH3 is 1. The number of amides is 1. The minimum absolute atomic E-state index is 0.00143. The Hall–Kier alpha value is -3.50. The first kappa shape index (κ1) is 21.2. The van der Waals surface area contributed by atoms with E-state index in [4.69, 9.17) is 4.74 Å². The minimum Gasteiger partial charge on any atom is -0.497 e. The number of aromatic amines is 1. The van der Waals surface area contributed by atoms with Crippen molar-refractivity contribution in [2.45, 2.75) is 11.4 Å². The van der Waals surface area contributed by atoms with Gasteiger partial charge in [-0.15, -0.1) is 6.58 Å². The molecule has 0 unspecified atom stereocenters. The smallest absolute Gasteiger partial charge is 0.251 e. The number of nitrogens with one attached hydrogen (secondary N) is 3. The Morgan fingerprint density at radius 1 is 1.23 bits per heavy atom. The molecule has 3 N–H and O–H groups in total. The highest BCUT2D eigenvalue weighted by Gasteiger charge is 2.16. The van der Waals surface area contributed by atoms with Crippen LogP contribution < -0.4 is 14.8 Å². The van der Waals surface area contributed by atoms with Crippen LogP contribution in [0.15, 0.2) is 66.1 Å². The molecule has 3 rings (SSSR count). The molecule has 0 aliphatic heterocycles. The van der Waals surface area contributed by atoms with E-state index < -0.39 is 15.9 Å². The van der Waals surface area contributed by atoms with Gasteiger partial charge >= 0.3 is 0 Å². The molecule has 2 aromatic carbocycles. The predicted octanol–water partition coefficient (Wildman–Crippen LogP) is 1.87. The quantitative estimate of drug-likeness (QED) is 0.448. The number of benzene rings is 2. The van der Waals surface area contributed by atoms with Gasteiger partial charge in [0.15, 0.2) is 5.82 Å². The van der Waals surface area contributed by atoms with E-state index in [1.807, 2.05) is 12.1 Å². The van der Waals surface area contributed by atoms with Crippen molar-refractivity contribution in [1.82, 2.24) is 25.2 Å². The fourth-order valence-corrected chi connectivity index (χ4v) is 3.61. The average molecular weight is 427 g/mol. The zero-order chi connectivity index (χ0) is 21.6.